The lowest BCUT2D eigenvalue weighted by molar-refractivity contribution is -0.154. The van der Waals surface area contributed by atoms with Crippen molar-refractivity contribution < 1.29 is 19.1 Å². The van der Waals surface area contributed by atoms with E-state index in [2.05, 4.69) is 10.6 Å². The zero-order valence-corrected chi connectivity index (χ0v) is 21.0. The second-order valence-electron chi connectivity index (χ2n) is 9.64. The van der Waals surface area contributed by atoms with Crippen molar-refractivity contribution in [1.29, 1.82) is 0 Å². The lowest BCUT2D eigenvalue weighted by Crippen LogP contribution is -2.72. The number of carbonyl (C=O) groups is 2. The molecule has 3 atom stereocenters. The Balaban J connectivity index is 1.54. The molecule has 0 spiro atoms. The molecule has 0 aromatic heterocycles. The van der Waals surface area contributed by atoms with Crippen LogP contribution in [-0.4, -0.2) is 36.2 Å². The molecule has 3 amide bonds. The molecule has 5 rings (SSSR count). The van der Waals surface area contributed by atoms with E-state index in [9.17, 15) is 9.59 Å². The van der Waals surface area contributed by atoms with Gasteiger partial charge in [0.05, 0.1) is 13.2 Å². The highest BCUT2D eigenvalue weighted by Crippen LogP contribution is 2.51. The molecule has 2 bridgehead atoms. The van der Waals surface area contributed by atoms with Crippen molar-refractivity contribution >= 4 is 17.6 Å². The molecule has 0 radical (unpaired) electrons. The van der Waals surface area contributed by atoms with Gasteiger partial charge in [0, 0.05) is 17.8 Å². The third kappa shape index (κ3) is 4.04. The summed E-state index contributed by atoms with van der Waals surface area (Å²) in [7, 11) is 1.59. The number of ether oxygens (including phenoxy) is 2. The van der Waals surface area contributed by atoms with Gasteiger partial charge in [-0.15, -0.1) is 0 Å². The maximum Gasteiger partial charge on any atom is 0.321 e. The van der Waals surface area contributed by atoms with Gasteiger partial charge < -0.3 is 20.1 Å². The number of fused-ring (bicyclic) bond motifs is 4. The van der Waals surface area contributed by atoms with Gasteiger partial charge in [0.2, 0.25) is 5.91 Å². The SMILES string of the molecule is COc1cccc2c1O[C@@]1(C)[C@@H](C(=O)Nc3ccc(C)cc3C)[C@@H]2NC(=O)N1CCc1ccccc1. The summed E-state index contributed by atoms with van der Waals surface area (Å²) < 4.78 is 12.2. The van der Waals surface area contributed by atoms with Gasteiger partial charge in [-0.1, -0.05) is 60.2 Å². The number of benzene rings is 3. The number of para-hydroxylation sites is 1. The van der Waals surface area contributed by atoms with E-state index in [1.54, 1.807) is 12.0 Å². The fourth-order valence-corrected chi connectivity index (χ4v) is 5.37. The van der Waals surface area contributed by atoms with E-state index in [0.29, 0.717) is 24.5 Å². The number of urea groups is 1. The Labute approximate surface area is 211 Å². The number of anilines is 1. The lowest BCUT2D eigenvalue weighted by atomic mass is 9.78. The van der Waals surface area contributed by atoms with E-state index in [1.807, 2.05) is 87.5 Å². The van der Waals surface area contributed by atoms with Crippen LogP contribution >= 0.6 is 0 Å². The van der Waals surface area contributed by atoms with Gasteiger partial charge >= 0.3 is 6.03 Å². The van der Waals surface area contributed by atoms with Gasteiger partial charge in [-0.2, -0.15) is 0 Å². The molecular formula is C29H31N3O4. The van der Waals surface area contributed by atoms with Crippen LogP contribution < -0.4 is 20.1 Å². The van der Waals surface area contributed by atoms with E-state index in [0.717, 1.165) is 27.9 Å². The molecule has 2 N–H and O–H groups in total. The van der Waals surface area contributed by atoms with Crippen LogP contribution in [0.25, 0.3) is 0 Å². The number of methoxy groups -OCH3 is 1. The summed E-state index contributed by atoms with van der Waals surface area (Å²) in [4.78, 5) is 28.9. The Bertz CT molecular complexity index is 1310. The highest BCUT2D eigenvalue weighted by Gasteiger charge is 2.60. The first-order valence-corrected chi connectivity index (χ1v) is 12.2. The number of rotatable bonds is 6. The molecule has 2 aliphatic heterocycles. The molecule has 1 saturated heterocycles. The topological polar surface area (TPSA) is 79.9 Å². The summed E-state index contributed by atoms with van der Waals surface area (Å²) >= 11 is 0. The van der Waals surface area contributed by atoms with Crippen molar-refractivity contribution in [3.8, 4) is 11.5 Å². The van der Waals surface area contributed by atoms with Crippen molar-refractivity contribution in [2.45, 2.75) is 39.0 Å². The summed E-state index contributed by atoms with van der Waals surface area (Å²) in [6.45, 7) is 6.20. The van der Waals surface area contributed by atoms with Crippen LogP contribution in [0.4, 0.5) is 10.5 Å². The first-order chi connectivity index (χ1) is 17.3. The molecule has 0 aliphatic carbocycles. The van der Waals surface area contributed by atoms with Gasteiger partial charge in [0.25, 0.3) is 0 Å². The first kappa shape index (κ1) is 23.7. The van der Waals surface area contributed by atoms with Gasteiger partial charge in [-0.3, -0.25) is 9.69 Å². The lowest BCUT2D eigenvalue weighted by Gasteiger charge is -2.54. The normalized spacial score (nSPS) is 22.2. The van der Waals surface area contributed by atoms with Crippen molar-refractivity contribution in [3.63, 3.8) is 0 Å². The molecule has 36 heavy (non-hydrogen) atoms. The Morgan fingerprint density at radius 2 is 1.89 bits per heavy atom. The Morgan fingerprint density at radius 1 is 1.11 bits per heavy atom. The number of nitrogens with zero attached hydrogens (tertiary/aromatic N) is 1. The van der Waals surface area contributed by atoms with Gasteiger partial charge in [0.1, 0.15) is 5.92 Å². The second-order valence-corrected chi connectivity index (χ2v) is 9.64. The number of hydrogen-bond acceptors (Lipinski definition) is 4. The van der Waals surface area contributed by atoms with Crippen LogP contribution in [0.5, 0.6) is 11.5 Å². The number of nitrogens with one attached hydrogen (secondary N) is 2. The predicted octanol–water partition coefficient (Wildman–Crippen LogP) is 4.98. The summed E-state index contributed by atoms with van der Waals surface area (Å²) in [6, 6.07) is 20.6. The Kier molecular flexibility index (Phi) is 6.08. The molecule has 186 valence electrons. The van der Waals surface area contributed by atoms with Crippen LogP contribution in [0.15, 0.2) is 66.7 Å². The van der Waals surface area contributed by atoms with Gasteiger partial charge in [-0.25, -0.2) is 4.79 Å². The minimum atomic E-state index is -1.23. The molecule has 7 heteroatoms. The van der Waals surface area contributed by atoms with Crippen LogP contribution in [-0.2, 0) is 11.2 Å². The Morgan fingerprint density at radius 3 is 2.61 bits per heavy atom. The van der Waals surface area contributed by atoms with E-state index in [4.69, 9.17) is 9.47 Å². The summed E-state index contributed by atoms with van der Waals surface area (Å²) in [5.74, 6) is 0.197. The molecule has 2 heterocycles. The molecule has 7 nitrogen and oxygen atoms in total. The largest absolute Gasteiger partial charge is 0.493 e. The molecule has 0 saturated carbocycles. The summed E-state index contributed by atoms with van der Waals surface area (Å²) in [5.41, 5.74) is 3.43. The van der Waals surface area contributed by atoms with E-state index < -0.39 is 17.7 Å². The average molecular weight is 486 g/mol. The van der Waals surface area contributed by atoms with Crippen molar-refractivity contribution in [3.05, 3.63) is 89.0 Å². The van der Waals surface area contributed by atoms with Crippen LogP contribution in [0.2, 0.25) is 0 Å². The number of carbonyl (C=O) groups excluding carboxylic acids is 2. The molecule has 0 unspecified atom stereocenters. The maximum atomic E-state index is 13.9. The van der Waals surface area contributed by atoms with E-state index in [1.165, 1.54) is 0 Å². The minimum absolute atomic E-state index is 0.215. The highest BCUT2D eigenvalue weighted by atomic mass is 16.5. The number of hydrogen-bond donors (Lipinski definition) is 2. The van der Waals surface area contributed by atoms with E-state index >= 15 is 0 Å². The zero-order valence-electron chi connectivity index (χ0n) is 21.0. The highest BCUT2D eigenvalue weighted by molar-refractivity contribution is 5.96. The predicted molar refractivity (Wildman–Crippen MR) is 138 cm³/mol. The standard InChI is InChI=1S/C29H31N3O4/c1-18-13-14-22(19(2)17-18)30-27(33)24-25-21-11-8-12-23(35-4)26(21)36-29(24,3)32(28(34)31-25)16-15-20-9-6-5-7-10-20/h5-14,17,24-25H,15-16H2,1-4H3,(H,30,33)(H,31,34)/t24-,25-,29+/m1/s1. The van der Waals surface area contributed by atoms with Crippen molar-refractivity contribution in [2.24, 2.45) is 5.92 Å². The summed E-state index contributed by atoms with van der Waals surface area (Å²) in [6.07, 6.45) is 0.627. The van der Waals surface area contributed by atoms with Gasteiger partial charge in [-0.05, 0) is 50.5 Å². The van der Waals surface area contributed by atoms with Crippen molar-refractivity contribution in [2.75, 3.05) is 19.0 Å². The second kappa shape index (κ2) is 9.22. The monoisotopic (exact) mass is 485 g/mol. The zero-order chi connectivity index (χ0) is 25.4. The molecule has 1 fully saturated rings. The van der Waals surface area contributed by atoms with Crippen molar-refractivity contribution in [1.82, 2.24) is 10.2 Å². The fourth-order valence-electron chi connectivity index (χ4n) is 5.37. The van der Waals surface area contributed by atoms with Crippen LogP contribution in [0, 0.1) is 19.8 Å². The number of aryl methyl sites for hydroxylation is 2. The third-order valence-electron chi connectivity index (χ3n) is 7.23. The maximum absolute atomic E-state index is 13.9. The summed E-state index contributed by atoms with van der Waals surface area (Å²) in [5, 5.41) is 6.20. The molecule has 3 aromatic rings. The van der Waals surface area contributed by atoms with Crippen LogP contribution in [0.3, 0.4) is 0 Å². The first-order valence-electron chi connectivity index (χ1n) is 12.2. The minimum Gasteiger partial charge on any atom is -0.493 e. The Hall–Kier alpha value is -4.00. The molecule has 2 aliphatic rings. The third-order valence-corrected chi connectivity index (χ3v) is 7.23. The fraction of sp³-hybridized carbons (Fsp3) is 0.310. The molecular weight excluding hydrogens is 454 g/mol. The smallest absolute Gasteiger partial charge is 0.321 e. The quantitative estimate of drug-likeness (QED) is 0.516. The van der Waals surface area contributed by atoms with Crippen LogP contribution in [0.1, 0.15) is 35.2 Å². The number of amides is 3. The molecule has 3 aromatic carbocycles. The average Bonchev–Trinajstić information content (AvgIpc) is 2.85. The van der Waals surface area contributed by atoms with Gasteiger partial charge in [0.15, 0.2) is 17.2 Å². The van der Waals surface area contributed by atoms with E-state index in [-0.39, 0.29) is 11.9 Å².